The van der Waals surface area contributed by atoms with E-state index in [1.807, 2.05) is 6.92 Å². The zero-order valence-corrected chi connectivity index (χ0v) is 16.4. The summed E-state index contributed by atoms with van der Waals surface area (Å²) in [6.45, 7) is 5.21. The van der Waals surface area contributed by atoms with E-state index in [2.05, 4.69) is 5.32 Å². The number of benzene rings is 1. The van der Waals surface area contributed by atoms with Gasteiger partial charge in [0.2, 0.25) is 5.91 Å². The summed E-state index contributed by atoms with van der Waals surface area (Å²) in [4.78, 5) is 62.1. The first-order valence-corrected chi connectivity index (χ1v) is 9.33. The van der Waals surface area contributed by atoms with Crippen molar-refractivity contribution in [3.63, 3.8) is 0 Å². The molecule has 0 aromatic heterocycles. The Morgan fingerprint density at radius 2 is 1.93 bits per heavy atom. The first kappa shape index (κ1) is 22.0. The monoisotopic (exact) mass is 405 g/mol. The summed E-state index contributed by atoms with van der Waals surface area (Å²) in [5.74, 6) is -3.27. The van der Waals surface area contributed by atoms with E-state index in [4.69, 9.17) is 0 Å². The molecule has 1 aromatic carbocycles. The van der Waals surface area contributed by atoms with Gasteiger partial charge in [-0.3, -0.25) is 29.9 Å². The fourth-order valence-corrected chi connectivity index (χ4v) is 3.76. The Morgan fingerprint density at radius 3 is 2.45 bits per heavy atom. The van der Waals surface area contributed by atoms with Gasteiger partial charge in [0.15, 0.2) is 5.41 Å². The summed E-state index contributed by atoms with van der Waals surface area (Å²) in [6, 6.07) is 1.53. The number of carbonyl (C=O) groups excluding carboxylic acids is 3. The number of urea groups is 1. The minimum Gasteiger partial charge on any atom is -0.478 e. The SMILES string of the molecule is CCCC(C)N1C(=O)NC(=O)C(CCC)(c2cc([N+](=O)[O-])ccc2C(=O)O)C1=O. The van der Waals surface area contributed by atoms with Gasteiger partial charge in [-0.05, 0) is 31.4 Å². The van der Waals surface area contributed by atoms with E-state index in [-0.39, 0.29) is 12.0 Å². The number of nitrogens with zero attached hydrogens (tertiary/aromatic N) is 2. The highest BCUT2D eigenvalue weighted by molar-refractivity contribution is 6.23. The number of non-ortho nitro benzene ring substituents is 1. The van der Waals surface area contributed by atoms with Crippen molar-refractivity contribution in [3.8, 4) is 0 Å². The molecule has 1 heterocycles. The van der Waals surface area contributed by atoms with Crippen molar-refractivity contribution in [2.24, 2.45) is 0 Å². The molecule has 1 saturated heterocycles. The van der Waals surface area contributed by atoms with Crippen molar-refractivity contribution in [2.75, 3.05) is 0 Å². The fraction of sp³-hybridized carbons (Fsp3) is 0.474. The van der Waals surface area contributed by atoms with Gasteiger partial charge < -0.3 is 5.11 Å². The van der Waals surface area contributed by atoms with Crippen molar-refractivity contribution < 1.29 is 29.2 Å². The smallest absolute Gasteiger partial charge is 0.336 e. The van der Waals surface area contributed by atoms with Crippen LogP contribution in [0.15, 0.2) is 18.2 Å². The van der Waals surface area contributed by atoms with Crippen LogP contribution in [0.5, 0.6) is 0 Å². The highest BCUT2D eigenvalue weighted by atomic mass is 16.6. The van der Waals surface area contributed by atoms with Crippen molar-refractivity contribution in [1.29, 1.82) is 0 Å². The second-order valence-corrected chi connectivity index (χ2v) is 7.02. The fourth-order valence-electron chi connectivity index (χ4n) is 3.76. The molecule has 2 atom stereocenters. The topological polar surface area (TPSA) is 147 Å². The number of rotatable bonds is 8. The number of nitro groups is 1. The number of barbiturate groups is 1. The maximum Gasteiger partial charge on any atom is 0.336 e. The Balaban J connectivity index is 2.81. The van der Waals surface area contributed by atoms with E-state index in [0.29, 0.717) is 19.3 Å². The molecule has 10 heteroatoms. The third kappa shape index (κ3) is 3.69. The summed E-state index contributed by atoms with van der Waals surface area (Å²) < 4.78 is 0. The maximum absolute atomic E-state index is 13.5. The van der Waals surface area contributed by atoms with E-state index in [9.17, 15) is 34.4 Å². The Kier molecular flexibility index (Phi) is 6.35. The van der Waals surface area contributed by atoms with Crippen LogP contribution in [0.25, 0.3) is 0 Å². The summed E-state index contributed by atoms with van der Waals surface area (Å²) in [7, 11) is 0. The maximum atomic E-state index is 13.5. The van der Waals surface area contributed by atoms with Crippen LogP contribution in [0.3, 0.4) is 0 Å². The van der Waals surface area contributed by atoms with Gasteiger partial charge in [-0.15, -0.1) is 0 Å². The summed E-state index contributed by atoms with van der Waals surface area (Å²) in [5.41, 5.74) is -3.19. The molecule has 2 N–H and O–H groups in total. The van der Waals surface area contributed by atoms with E-state index in [1.54, 1.807) is 13.8 Å². The van der Waals surface area contributed by atoms with Crippen LogP contribution >= 0.6 is 0 Å². The number of hydrogen-bond acceptors (Lipinski definition) is 6. The number of imide groups is 2. The Bertz CT molecular complexity index is 883. The zero-order valence-electron chi connectivity index (χ0n) is 16.4. The molecule has 1 aromatic rings. The lowest BCUT2D eigenvalue weighted by atomic mass is 9.71. The van der Waals surface area contributed by atoms with Crippen molar-refractivity contribution in [1.82, 2.24) is 10.2 Å². The van der Waals surface area contributed by atoms with Crippen LogP contribution in [0.4, 0.5) is 10.5 Å². The van der Waals surface area contributed by atoms with Crippen molar-refractivity contribution in [2.45, 2.75) is 57.9 Å². The van der Waals surface area contributed by atoms with Crippen molar-refractivity contribution >= 4 is 29.5 Å². The highest BCUT2D eigenvalue weighted by Gasteiger charge is 2.56. The standard InChI is InChI=1S/C19H23N3O7/c1-4-6-11(3)21-17(26)19(9-5-2,16(25)20-18(21)27)14-10-12(22(28)29)7-8-13(14)15(23)24/h7-8,10-11H,4-6,9H2,1-3H3,(H,23,24)(H,20,25,27). The molecule has 0 saturated carbocycles. The molecule has 10 nitrogen and oxygen atoms in total. The molecule has 0 aliphatic carbocycles. The molecular formula is C19H23N3O7. The number of carbonyl (C=O) groups is 4. The van der Waals surface area contributed by atoms with Crippen molar-refractivity contribution in [3.05, 3.63) is 39.4 Å². The van der Waals surface area contributed by atoms with Gasteiger partial charge in [-0.25, -0.2) is 9.59 Å². The van der Waals surface area contributed by atoms with E-state index in [1.165, 1.54) is 0 Å². The Hall–Kier alpha value is -3.30. The largest absolute Gasteiger partial charge is 0.478 e. The lowest BCUT2D eigenvalue weighted by molar-refractivity contribution is -0.384. The molecule has 4 amide bonds. The van der Waals surface area contributed by atoms with E-state index < -0.39 is 51.4 Å². The minimum atomic E-state index is -2.05. The molecule has 1 aliphatic heterocycles. The van der Waals surface area contributed by atoms with Gasteiger partial charge in [0.25, 0.3) is 11.6 Å². The molecule has 1 fully saturated rings. The first-order chi connectivity index (χ1) is 13.6. The van der Waals surface area contributed by atoms with Crippen LogP contribution in [0.1, 0.15) is 62.4 Å². The third-order valence-electron chi connectivity index (χ3n) is 5.09. The van der Waals surface area contributed by atoms with Crippen LogP contribution < -0.4 is 5.32 Å². The number of nitro benzene ring substituents is 1. The number of nitrogens with one attached hydrogen (secondary N) is 1. The molecular weight excluding hydrogens is 382 g/mol. The average molecular weight is 405 g/mol. The molecule has 29 heavy (non-hydrogen) atoms. The van der Waals surface area contributed by atoms with Gasteiger partial charge in [0.1, 0.15) is 0 Å². The summed E-state index contributed by atoms with van der Waals surface area (Å²) in [6.07, 6.45) is 1.34. The number of hydrogen-bond donors (Lipinski definition) is 2. The highest BCUT2D eigenvalue weighted by Crippen LogP contribution is 2.39. The van der Waals surface area contributed by atoms with Crippen LogP contribution in [0, 0.1) is 10.1 Å². The normalized spacial score (nSPS) is 20.4. The molecule has 0 bridgehead atoms. The molecule has 156 valence electrons. The number of amides is 4. The predicted octanol–water partition coefficient (Wildman–Crippen LogP) is 2.60. The van der Waals surface area contributed by atoms with Crippen LogP contribution in [-0.2, 0) is 15.0 Å². The van der Waals surface area contributed by atoms with Crippen LogP contribution in [0.2, 0.25) is 0 Å². The number of aromatic carboxylic acids is 1. The van der Waals surface area contributed by atoms with Crippen LogP contribution in [-0.4, -0.2) is 44.8 Å². The Labute approximate surface area is 167 Å². The molecule has 1 aliphatic rings. The number of carboxylic acid groups (broad SMARTS) is 1. The zero-order chi connectivity index (χ0) is 21.9. The van der Waals surface area contributed by atoms with E-state index in [0.717, 1.165) is 23.1 Å². The minimum absolute atomic E-state index is 0.109. The van der Waals surface area contributed by atoms with Gasteiger partial charge in [-0.1, -0.05) is 26.7 Å². The van der Waals surface area contributed by atoms with Gasteiger partial charge in [0, 0.05) is 18.2 Å². The predicted molar refractivity (Wildman–Crippen MR) is 101 cm³/mol. The molecule has 0 spiro atoms. The summed E-state index contributed by atoms with van der Waals surface area (Å²) >= 11 is 0. The lowest BCUT2D eigenvalue weighted by Crippen LogP contribution is -2.67. The molecule has 0 radical (unpaired) electrons. The van der Waals surface area contributed by atoms with Gasteiger partial charge >= 0.3 is 12.0 Å². The summed E-state index contributed by atoms with van der Waals surface area (Å²) in [5, 5.41) is 23.0. The Morgan fingerprint density at radius 1 is 1.28 bits per heavy atom. The second-order valence-electron chi connectivity index (χ2n) is 7.02. The second kappa shape index (κ2) is 8.38. The first-order valence-electron chi connectivity index (χ1n) is 9.33. The number of carboxylic acids is 1. The quantitative estimate of drug-likeness (QED) is 0.384. The van der Waals surface area contributed by atoms with Gasteiger partial charge in [0.05, 0.1) is 10.5 Å². The molecule has 2 unspecified atom stereocenters. The lowest BCUT2D eigenvalue weighted by Gasteiger charge is -2.42. The van der Waals surface area contributed by atoms with Gasteiger partial charge in [-0.2, -0.15) is 0 Å². The average Bonchev–Trinajstić information content (AvgIpc) is 2.64. The molecule has 2 rings (SSSR count). The van der Waals surface area contributed by atoms with E-state index >= 15 is 0 Å². The third-order valence-corrected chi connectivity index (χ3v) is 5.09.